The van der Waals surface area contributed by atoms with Crippen LogP contribution in [0.25, 0.3) is 10.9 Å². The van der Waals surface area contributed by atoms with E-state index in [1.807, 2.05) is 10.6 Å². The highest BCUT2D eigenvalue weighted by molar-refractivity contribution is 5.93. The highest BCUT2D eigenvalue weighted by Gasteiger charge is 2.43. The highest BCUT2D eigenvalue weighted by Crippen LogP contribution is 2.40. The number of carbonyl (C=O) groups is 1. The van der Waals surface area contributed by atoms with Crippen LogP contribution in [0.1, 0.15) is 35.7 Å². The Bertz CT molecular complexity index is 1060. The number of likely N-dealkylation sites (tertiary alicyclic amines) is 1. The van der Waals surface area contributed by atoms with Crippen molar-refractivity contribution in [2.24, 2.45) is 0 Å². The molecule has 2 aliphatic heterocycles. The van der Waals surface area contributed by atoms with Crippen LogP contribution in [0.3, 0.4) is 0 Å². The van der Waals surface area contributed by atoms with E-state index in [0.29, 0.717) is 17.2 Å². The minimum Gasteiger partial charge on any atom is -0.477 e. The molecular formula is C21H22FN3O3. The van der Waals surface area contributed by atoms with E-state index in [4.69, 9.17) is 0 Å². The van der Waals surface area contributed by atoms with Gasteiger partial charge in [-0.25, -0.2) is 9.18 Å². The van der Waals surface area contributed by atoms with Gasteiger partial charge in [0, 0.05) is 49.3 Å². The van der Waals surface area contributed by atoms with Crippen molar-refractivity contribution in [3.63, 3.8) is 0 Å². The van der Waals surface area contributed by atoms with Gasteiger partial charge in [0.1, 0.15) is 11.4 Å². The lowest BCUT2D eigenvalue weighted by Gasteiger charge is -2.35. The average molecular weight is 383 g/mol. The van der Waals surface area contributed by atoms with Crippen LogP contribution in [0.2, 0.25) is 0 Å². The van der Waals surface area contributed by atoms with Crippen molar-refractivity contribution in [3.8, 4) is 0 Å². The molecule has 2 bridgehead atoms. The maximum absolute atomic E-state index is 15.0. The van der Waals surface area contributed by atoms with E-state index in [1.54, 1.807) is 6.07 Å². The Morgan fingerprint density at radius 2 is 2.04 bits per heavy atom. The van der Waals surface area contributed by atoms with Crippen molar-refractivity contribution in [1.82, 2.24) is 9.47 Å². The monoisotopic (exact) mass is 383 g/mol. The largest absolute Gasteiger partial charge is 0.477 e. The number of aromatic nitrogens is 1. The average Bonchev–Trinajstić information content (AvgIpc) is 3.32. The van der Waals surface area contributed by atoms with E-state index in [9.17, 15) is 14.7 Å². The second kappa shape index (κ2) is 6.17. The van der Waals surface area contributed by atoms with Crippen LogP contribution in [0.4, 0.5) is 10.1 Å². The summed E-state index contributed by atoms with van der Waals surface area (Å²) in [6.07, 6.45) is 6.20. The Morgan fingerprint density at radius 1 is 1.25 bits per heavy atom. The second-order valence-corrected chi connectivity index (χ2v) is 8.07. The summed E-state index contributed by atoms with van der Waals surface area (Å²) in [5.41, 5.74) is 0.214. The van der Waals surface area contributed by atoms with Gasteiger partial charge in [-0.1, -0.05) is 6.08 Å². The molecule has 5 rings (SSSR count). The minimum atomic E-state index is -1.27. The molecule has 3 aliphatic rings. The molecule has 1 saturated carbocycles. The molecule has 146 valence electrons. The summed E-state index contributed by atoms with van der Waals surface area (Å²) < 4.78 is 16.9. The third-order valence-electron chi connectivity index (χ3n) is 6.30. The number of aromatic carboxylic acids is 1. The molecule has 1 aromatic carbocycles. The lowest BCUT2D eigenvalue weighted by molar-refractivity contribution is 0.0695. The zero-order chi connectivity index (χ0) is 19.6. The molecule has 6 nitrogen and oxygen atoms in total. The first-order valence-corrected chi connectivity index (χ1v) is 9.71. The van der Waals surface area contributed by atoms with Gasteiger partial charge in [-0.15, -0.1) is 6.58 Å². The van der Waals surface area contributed by atoms with Gasteiger partial charge in [0.15, 0.2) is 0 Å². The number of hydrogen-bond acceptors (Lipinski definition) is 4. The Hall–Kier alpha value is -2.67. The number of nitrogens with zero attached hydrogens (tertiary/aromatic N) is 3. The third-order valence-corrected chi connectivity index (χ3v) is 6.30. The van der Waals surface area contributed by atoms with E-state index in [0.717, 1.165) is 38.9 Å². The van der Waals surface area contributed by atoms with E-state index in [2.05, 4.69) is 16.4 Å². The zero-order valence-corrected chi connectivity index (χ0v) is 15.5. The molecule has 2 saturated heterocycles. The second-order valence-electron chi connectivity index (χ2n) is 8.07. The van der Waals surface area contributed by atoms with E-state index >= 15 is 4.39 Å². The summed E-state index contributed by atoms with van der Waals surface area (Å²) in [6.45, 7) is 6.27. The normalized spacial score (nSPS) is 24.2. The van der Waals surface area contributed by atoms with Crippen LogP contribution in [0, 0.1) is 5.82 Å². The lowest BCUT2D eigenvalue weighted by atomic mass is 10.1. The summed E-state index contributed by atoms with van der Waals surface area (Å²) in [5.74, 6) is -1.73. The first kappa shape index (κ1) is 17.4. The Balaban J connectivity index is 1.61. The standard InChI is InChI=1S/C21H22FN3O3/c1-2-5-23-9-14-6-13(23)10-24(14)19-8-18-15(7-17(19)22)20(26)16(21(27)28)11-25(18)12-3-4-12/h2,7-8,11-14H,1,3-6,9-10H2,(H,27,28). The van der Waals surface area contributed by atoms with Crippen LogP contribution >= 0.6 is 0 Å². The van der Waals surface area contributed by atoms with Crippen LogP contribution in [-0.2, 0) is 0 Å². The number of rotatable bonds is 5. The summed E-state index contributed by atoms with van der Waals surface area (Å²) >= 11 is 0. The first-order valence-electron chi connectivity index (χ1n) is 9.71. The molecule has 3 heterocycles. The van der Waals surface area contributed by atoms with Crippen molar-refractivity contribution in [3.05, 3.63) is 52.6 Å². The summed E-state index contributed by atoms with van der Waals surface area (Å²) in [5, 5.41) is 9.51. The predicted octanol–water partition coefficient (Wildman–Crippen LogP) is 2.62. The fraction of sp³-hybridized carbons (Fsp3) is 0.429. The van der Waals surface area contributed by atoms with Crippen LogP contribution in [0.5, 0.6) is 0 Å². The van der Waals surface area contributed by atoms with Crippen LogP contribution in [0.15, 0.2) is 35.8 Å². The molecule has 7 heteroatoms. The van der Waals surface area contributed by atoms with Crippen molar-refractivity contribution in [2.45, 2.75) is 37.4 Å². The number of pyridine rings is 1. The van der Waals surface area contributed by atoms with Gasteiger partial charge in [0.25, 0.3) is 0 Å². The molecule has 0 amide bonds. The number of carboxylic acids is 1. The molecule has 1 aromatic heterocycles. The first-order chi connectivity index (χ1) is 13.5. The Morgan fingerprint density at radius 3 is 2.64 bits per heavy atom. The van der Waals surface area contributed by atoms with E-state index in [-0.39, 0.29) is 23.0 Å². The van der Waals surface area contributed by atoms with Crippen molar-refractivity contribution in [1.29, 1.82) is 0 Å². The number of fused-ring (bicyclic) bond motifs is 3. The lowest BCUT2D eigenvalue weighted by Crippen LogP contribution is -2.46. The molecule has 0 spiro atoms. The predicted molar refractivity (Wildman–Crippen MR) is 105 cm³/mol. The molecule has 1 N–H and O–H groups in total. The van der Waals surface area contributed by atoms with E-state index in [1.165, 1.54) is 12.3 Å². The molecule has 2 atom stereocenters. The molecule has 2 unspecified atom stereocenters. The van der Waals surface area contributed by atoms with Gasteiger partial charge in [-0.05, 0) is 31.4 Å². The number of benzene rings is 1. The zero-order valence-electron chi connectivity index (χ0n) is 15.5. The number of piperazine rings is 1. The smallest absolute Gasteiger partial charge is 0.341 e. The van der Waals surface area contributed by atoms with Gasteiger partial charge in [-0.3, -0.25) is 9.69 Å². The van der Waals surface area contributed by atoms with Crippen molar-refractivity contribution < 1.29 is 14.3 Å². The summed E-state index contributed by atoms with van der Waals surface area (Å²) in [6, 6.07) is 3.78. The van der Waals surface area contributed by atoms with Gasteiger partial charge in [0.2, 0.25) is 5.43 Å². The Labute approximate surface area is 161 Å². The fourth-order valence-corrected chi connectivity index (χ4v) is 4.82. The van der Waals surface area contributed by atoms with Crippen molar-refractivity contribution in [2.75, 3.05) is 24.5 Å². The molecule has 2 aromatic rings. The summed E-state index contributed by atoms with van der Waals surface area (Å²) in [4.78, 5) is 28.5. The topological polar surface area (TPSA) is 65.8 Å². The highest BCUT2D eigenvalue weighted by atomic mass is 19.1. The number of carboxylic acid groups (broad SMARTS) is 1. The van der Waals surface area contributed by atoms with Crippen molar-refractivity contribution >= 4 is 22.6 Å². The van der Waals surface area contributed by atoms with Gasteiger partial charge < -0.3 is 14.6 Å². The third kappa shape index (κ3) is 2.57. The van der Waals surface area contributed by atoms with Gasteiger partial charge >= 0.3 is 5.97 Å². The van der Waals surface area contributed by atoms with E-state index < -0.39 is 17.2 Å². The SMILES string of the molecule is C=CCN1CC2CC1CN2c1cc2c(cc1F)c(=O)c(C(=O)O)cn2C1CC1. The van der Waals surface area contributed by atoms with Gasteiger partial charge in [-0.2, -0.15) is 0 Å². The maximum Gasteiger partial charge on any atom is 0.341 e. The number of hydrogen-bond donors (Lipinski definition) is 1. The fourth-order valence-electron chi connectivity index (χ4n) is 4.82. The molecular weight excluding hydrogens is 361 g/mol. The summed E-state index contributed by atoms with van der Waals surface area (Å²) in [7, 11) is 0. The maximum atomic E-state index is 15.0. The number of anilines is 1. The molecule has 1 aliphatic carbocycles. The van der Waals surface area contributed by atoms with Crippen LogP contribution in [-0.4, -0.2) is 52.3 Å². The minimum absolute atomic E-state index is 0.144. The van der Waals surface area contributed by atoms with Gasteiger partial charge in [0.05, 0.1) is 11.2 Å². The van der Waals surface area contributed by atoms with Crippen LogP contribution < -0.4 is 10.3 Å². The Kier molecular flexibility index (Phi) is 3.84. The molecule has 28 heavy (non-hydrogen) atoms. The number of halogens is 1. The quantitative estimate of drug-likeness (QED) is 0.804. The molecule has 3 fully saturated rings. The molecule has 0 radical (unpaired) electrons.